The number of hydrogen-bond donors (Lipinski definition) is 0. The van der Waals surface area contributed by atoms with Crippen LogP contribution in [0.1, 0.15) is 27.9 Å². The Morgan fingerprint density at radius 3 is 2.58 bits per heavy atom. The summed E-state index contributed by atoms with van der Waals surface area (Å²) in [5, 5.41) is 0. The minimum Gasteiger partial charge on any atom is -0.486 e. The Morgan fingerprint density at radius 2 is 1.73 bits per heavy atom. The molecule has 4 heterocycles. The van der Waals surface area contributed by atoms with E-state index in [1.807, 2.05) is 12.3 Å². The summed E-state index contributed by atoms with van der Waals surface area (Å²) in [6, 6.07) is 17.3. The molecule has 0 spiro atoms. The summed E-state index contributed by atoms with van der Waals surface area (Å²) in [6.07, 6.45) is 3.03. The first-order valence-electron chi connectivity index (χ1n) is 11.3. The molecule has 2 aromatic carbocycles. The van der Waals surface area contributed by atoms with E-state index in [4.69, 9.17) is 14.5 Å². The Labute approximate surface area is 200 Å². The highest BCUT2D eigenvalue weighted by Gasteiger charge is 2.23. The molecule has 0 radical (unpaired) electrons. The van der Waals surface area contributed by atoms with Crippen molar-refractivity contribution in [2.45, 2.75) is 33.4 Å². The van der Waals surface area contributed by atoms with E-state index in [0.717, 1.165) is 43.1 Å². The highest BCUT2D eigenvalue weighted by Crippen LogP contribution is 2.36. The first-order chi connectivity index (χ1) is 15.7. The van der Waals surface area contributed by atoms with Crippen molar-refractivity contribution in [3.8, 4) is 11.5 Å². The Morgan fingerprint density at radius 1 is 0.939 bits per heavy atom. The van der Waals surface area contributed by atoms with Gasteiger partial charge in [-0.2, -0.15) is 0 Å². The summed E-state index contributed by atoms with van der Waals surface area (Å²) < 4.78 is 13.9. The molecule has 5 nitrogen and oxygen atoms in total. The number of ether oxygens (including phenoxy) is 2. The van der Waals surface area contributed by atoms with Gasteiger partial charge in [-0.15, -0.1) is 12.4 Å². The Balaban J connectivity index is 0.00000228. The number of anilines is 1. The molecule has 170 valence electrons. The van der Waals surface area contributed by atoms with Crippen molar-refractivity contribution in [1.82, 2.24) is 9.55 Å². The fourth-order valence-electron chi connectivity index (χ4n) is 5.05. The molecule has 4 aromatic rings. The summed E-state index contributed by atoms with van der Waals surface area (Å²) in [5.41, 5.74) is 10.2. The summed E-state index contributed by atoms with van der Waals surface area (Å²) in [4.78, 5) is 7.29. The molecule has 6 heteroatoms. The van der Waals surface area contributed by atoms with Crippen LogP contribution in [0, 0.1) is 13.8 Å². The van der Waals surface area contributed by atoms with Crippen molar-refractivity contribution in [3.63, 3.8) is 0 Å². The lowest BCUT2D eigenvalue weighted by atomic mass is 9.99. The molecule has 2 aliphatic heterocycles. The van der Waals surface area contributed by atoms with Crippen LogP contribution in [0.3, 0.4) is 0 Å². The molecule has 0 N–H and O–H groups in total. The van der Waals surface area contributed by atoms with E-state index < -0.39 is 0 Å². The van der Waals surface area contributed by atoms with Gasteiger partial charge in [-0.3, -0.25) is 4.98 Å². The monoisotopic (exact) mass is 461 g/mol. The molecule has 0 bridgehead atoms. The predicted molar refractivity (Wildman–Crippen MR) is 134 cm³/mol. The van der Waals surface area contributed by atoms with Gasteiger partial charge >= 0.3 is 0 Å². The lowest BCUT2D eigenvalue weighted by Crippen LogP contribution is -2.30. The van der Waals surface area contributed by atoms with Gasteiger partial charge in [-0.05, 0) is 60.7 Å². The molecule has 2 aromatic heterocycles. The summed E-state index contributed by atoms with van der Waals surface area (Å²) in [7, 11) is 0. The number of fused-ring (bicyclic) bond motifs is 3. The van der Waals surface area contributed by atoms with Crippen LogP contribution < -0.4 is 14.4 Å². The summed E-state index contributed by atoms with van der Waals surface area (Å²) in [6.45, 7) is 8.32. The zero-order valence-electron chi connectivity index (χ0n) is 19.0. The highest BCUT2D eigenvalue weighted by molar-refractivity contribution is 5.92. The fourth-order valence-corrected chi connectivity index (χ4v) is 5.05. The molecule has 6 rings (SSSR count). The minimum absolute atomic E-state index is 0. The van der Waals surface area contributed by atoms with Gasteiger partial charge in [0.05, 0.1) is 16.7 Å². The number of aryl methyl sites for hydroxylation is 1. The molecule has 2 aliphatic rings. The topological polar surface area (TPSA) is 39.5 Å². The van der Waals surface area contributed by atoms with E-state index in [0.29, 0.717) is 13.2 Å². The predicted octanol–water partition coefficient (Wildman–Crippen LogP) is 5.46. The molecule has 0 fully saturated rings. The zero-order chi connectivity index (χ0) is 21.7. The second-order valence-electron chi connectivity index (χ2n) is 8.74. The number of hydrogen-bond acceptors (Lipinski definition) is 4. The SMILES string of the molecule is Cc1c(C)n(Cc2ccc3c(c2)OCCO3)c2c(N3CCc4ccccc4C3)ccnc12.Cl. The average Bonchev–Trinajstić information content (AvgIpc) is 3.08. The van der Waals surface area contributed by atoms with Gasteiger partial charge in [-0.1, -0.05) is 30.3 Å². The molecule has 0 atom stereocenters. The molecule has 0 unspecified atom stereocenters. The highest BCUT2D eigenvalue weighted by atomic mass is 35.5. The number of halogens is 1. The number of rotatable bonds is 3. The lowest BCUT2D eigenvalue weighted by Gasteiger charge is -2.31. The maximum absolute atomic E-state index is 5.82. The van der Waals surface area contributed by atoms with Gasteiger partial charge in [0.25, 0.3) is 0 Å². The number of nitrogens with zero attached hydrogens (tertiary/aromatic N) is 3. The van der Waals surface area contributed by atoms with Gasteiger partial charge in [-0.25, -0.2) is 0 Å². The van der Waals surface area contributed by atoms with Crippen molar-refractivity contribution < 1.29 is 9.47 Å². The summed E-state index contributed by atoms with van der Waals surface area (Å²) >= 11 is 0. The Bertz CT molecular complexity index is 1330. The summed E-state index contributed by atoms with van der Waals surface area (Å²) in [5.74, 6) is 1.67. The molecule has 0 amide bonds. The molecular weight excluding hydrogens is 434 g/mol. The van der Waals surface area contributed by atoms with Crippen molar-refractivity contribution in [2.24, 2.45) is 0 Å². The molecule has 0 saturated carbocycles. The third-order valence-electron chi connectivity index (χ3n) is 6.89. The quantitative estimate of drug-likeness (QED) is 0.406. The maximum Gasteiger partial charge on any atom is 0.161 e. The third-order valence-corrected chi connectivity index (χ3v) is 6.89. The minimum atomic E-state index is 0. The van der Waals surface area contributed by atoms with E-state index in [2.05, 4.69) is 65.8 Å². The fraction of sp³-hybridized carbons (Fsp3) is 0.296. The van der Waals surface area contributed by atoms with Gasteiger partial charge in [0, 0.05) is 31.5 Å². The number of benzene rings is 2. The standard InChI is InChI=1S/C27H27N3O2.ClH/c1-18-19(2)30(16-20-7-8-24-25(15-20)32-14-13-31-24)27-23(9-11-28-26(18)27)29-12-10-21-5-3-4-6-22(21)17-29;/h3-9,11,15H,10,12-14,16-17H2,1-2H3;1H. The van der Waals surface area contributed by atoms with E-state index in [9.17, 15) is 0 Å². The first-order valence-corrected chi connectivity index (χ1v) is 11.3. The van der Waals surface area contributed by atoms with Crippen LogP contribution in [-0.4, -0.2) is 29.3 Å². The third kappa shape index (κ3) is 3.70. The normalized spacial score (nSPS) is 14.7. The smallest absolute Gasteiger partial charge is 0.161 e. The second-order valence-corrected chi connectivity index (χ2v) is 8.74. The maximum atomic E-state index is 5.82. The number of pyridine rings is 1. The van der Waals surface area contributed by atoms with Crippen molar-refractivity contribution in [1.29, 1.82) is 0 Å². The van der Waals surface area contributed by atoms with Gasteiger partial charge in [0.1, 0.15) is 13.2 Å². The van der Waals surface area contributed by atoms with Crippen LogP contribution in [-0.2, 0) is 19.5 Å². The van der Waals surface area contributed by atoms with Crippen molar-refractivity contribution >= 4 is 29.1 Å². The van der Waals surface area contributed by atoms with Crippen molar-refractivity contribution in [2.75, 3.05) is 24.7 Å². The van der Waals surface area contributed by atoms with Crippen LogP contribution in [0.15, 0.2) is 54.7 Å². The molecular formula is C27H28ClN3O2. The zero-order valence-corrected chi connectivity index (χ0v) is 19.8. The van der Waals surface area contributed by atoms with Crippen LogP contribution in [0.4, 0.5) is 5.69 Å². The lowest BCUT2D eigenvalue weighted by molar-refractivity contribution is 0.171. The van der Waals surface area contributed by atoms with Crippen LogP contribution in [0.2, 0.25) is 0 Å². The van der Waals surface area contributed by atoms with E-state index >= 15 is 0 Å². The van der Waals surface area contributed by atoms with E-state index in [1.54, 1.807) is 0 Å². The van der Waals surface area contributed by atoms with Crippen LogP contribution >= 0.6 is 12.4 Å². The Hall–Kier alpha value is -3.18. The largest absolute Gasteiger partial charge is 0.486 e. The van der Waals surface area contributed by atoms with E-state index in [-0.39, 0.29) is 12.4 Å². The van der Waals surface area contributed by atoms with E-state index in [1.165, 1.54) is 39.2 Å². The van der Waals surface area contributed by atoms with Crippen LogP contribution in [0.25, 0.3) is 11.0 Å². The average molecular weight is 462 g/mol. The Kier molecular flexibility index (Phi) is 5.67. The van der Waals surface area contributed by atoms with Crippen molar-refractivity contribution in [3.05, 3.63) is 82.7 Å². The first kappa shape index (κ1) is 21.7. The van der Waals surface area contributed by atoms with Gasteiger partial charge in [0.15, 0.2) is 11.5 Å². The molecule has 33 heavy (non-hydrogen) atoms. The number of aromatic nitrogens is 2. The second kappa shape index (κ2) is 8.64. The van der Waals surface area contributed by atoms with Gasteiger partial charge in [0.2, 0.25) is 0 Å². The van der Waals surface area contributed by atoms with Gasteiger partial charge < -0.3 is 18.9 Å². The molecule has 0 saturated heterocycles. The molecule has 0 aliphatic carbocycles. The van der Waals surface area contributed by atoms with Crippen LogP contribution in [0.5, 0.6) is 11.5 Å².